The second kappa shape index (κ2) is 17.0. The van der Waals surface area contributed by atoms with Gasteiger partial charge in [-0.15, -0.1) is 0 Å². The number of benzene rings is 1. The third-order valence-corrected chi connectivity index (χ3v) is 9.33. The molecule has 10 atom stereocenters. The third-order valence-electron chi connectivity index (χ3n) is 7.30. The molecule has 4 unspecified atom stereocenters. The molecule has 0 spiro atoms. The number of methoxy groups -OCH3 is 2. The SMILES string of the molecule is C=C(C)C(=O)OCC1OC(OC)[C@@H](NC(C)=O)[C@@H](OC2OC(C(=O)NCCc3cc(I)c(O)c(O)c3I)[C@@H](OC)[C@H](O)[C@@H]2O)[C@@H]1O. The number of carbonyl (C=O) groups excluding carboxylic acids is 3. The fourth-order valence-electron chi connectivity index (χ4n) is 4.92. The minimum atomic E-state index is -1.79. The number of phenols is 2. The Morgan fingerprint density at radius 3 is 2.22 bits per heavy atom. The Labute approximate surface area is 292 Å². The lowest BCUT2D eigenvalue weighted by atomic mass is 9.95. The molecule has 3 rings (SSSR count). The molecule has 2 heterocycles. The molecular formula is C28H38I2N2O14. The van der Waals surface area contributed by atoms with Gasteiger partial charge in [0.2, 0.25) is 5.91 Å². The Morgan fingerprint density at radius 1 is 0.957 bits per heavy atom. The number of amides is 2. The van der Waals surface area contributed by atoms with Crippen LogP contribution in [0.2, 0.25) is 0 Å². The molecule has 0 saturated carbocycles. The van der Waals surface area contributed by atoms with Gasteiger partial charge in [0.25, 0.3) is 5.91 Å². The van der Waals surface area contributed by atoms with Crippen molar-refractivity contribution in [3.63, 3.8) is 0 Å². The van der Waals surface area contributed by atoms with E-state index in [1.807, 2.05) is 45.2 Å². The standard InChI is InChI=1S/C28H38I2N2O14/c1-10(2)26(40)43-9-14-18(35)22(16(32-11(3)33)27(42-5)44-14)45-28-21(38)20(37)23(41-4)24(46-28)25(39)31-7-6-12-8-13(29)17(34)19(36)15(12)30/h8,14,16,18,20-24,27-28,34-38H,1,6-7,9H2,2-5H3,(H,31,39)(H,32,33)/t14?,16-,18+,20+,21-,22+,23-,24?,27?,28?/m0/s1. The Kier molecular flexibility index (Phi) is 14.2. The minimum absolute atomic E-state index is 0.0545. The maximum atomic E-state index is 13.3. The maximum absolute atomic E-state index is 13.3. The van der Waals surface area contributed by atoms with Gasteiger partial charge in [-0.3, -0.25) is 9.59 Å². The van der Waals surface area contributed by atoms with Crippen LogP contribution in [-0.4, -0.2) is 132 Å². The molecule has 0 bridgehead atoms. The summed E-state index contributed by atoms with van der Waals surface area (Å²) in [6.07, 6.45) is -13.3. The summed E-state index contributed by atoms with van der Waals surface area (Å²) in [6, 6.07) is 0.478. The smallest absolute Gasteiger partial charge is 0.333 e. The summed E-state index contributed by atoms with van der Waals surface area (Å²) in [4.78, 5) is 37.3. The second-order valence-corrected chi connectivity index (χ2v) is 12.9. The monoisotopic (exact) mass is 880 g/mol. The normalized spacial score (nSPS) is 31.2. The Morgan fingerprint density at radius 2 is 1.63 bits per heavy atom. The van der Waals surface area contributed by atoms with Crippen LogP contribution in [0.1, 0.15) is 19.4 Å². The van der Waals surface area contributed by atoms with Gasteiger partial charge < -0.3 is 64.6 Å². The van der Waals surface area contributed by atoms with Crippen LogP contribution < -0.4 is 10.6 Å². The van der Waals surface area contributed by atoms with Crippen molar-refractivity contribution in [3.8, 4) is 11.5 Å². The van der Waals surface area contributed by atoms with Crippen molar-refractivity contribution in [1.82, 2.24) is 10.6 Å². The van der Waals surface area contributed by atoms with Crippen LogP contribution in [0.3, 0.4) is 0 Å². The summed E-state index contributed by atoms with van der Waals surface area (Å²) in [6.45, 7) is 5.74. The van der Waals surface area contributed by atoms with Gasteiger partial charge in [0.1, 0.15) is 49.3 Å². The summed E-state index contributed by atoms with van der Waals surface area (Å²) in [7, 11) is 2.48. The summed E-state index contributed by atoms with van der Waals surface area (Å²) in [5.41, 5.74) is 0.756. The molecule has 1 aromatic rings. The van der Waals surface area contributed by atoms with Gasteiger partial charge in [0, 0.05) is 33.3 Å². The average Bonchev–Trinajstić information content (AvgIpc) is 3.01. The van der Waals surface area contributed by atoms with Gasteiger partial charge in [-0.25, -0.2) is 4.79 Å². The first-order valence-electron chi connectivity index (χ1n) is 13.9. The van der Waals surface area contributed by atoms with Crippen molar-refractivity contribution in [2.45, 2.75) is 81.6 Å². The highest BCUT2D eigenvalue weighted by Gasteiger charge is 2.53. The van der Waals surface area contributed by atoms with E-state index in [1.165, 1.54) is 28.1 Å². The number of esters is 1. The first-order chi connectivity index (χ1) is 21.6. The zero-order valence-corrected chi connectivity index (χ0v) is 29.7. The summed E-state index contributed by atoms with van der Waals surface area (Å²) < 4.78 is 34.1. The molecule has 1 aromatic carbocycles. The molecule has 2 fully saturated rings. The number of rotatable bonds is 12. The van der Waals surface area contributed by atoms with Gasteiger partial charge in [0.05, 0.1) is 7.14 Å². The molecule has 0 radical (unpaired) electrons. The summed E-state index contributed by atoms with van der Waals surface area (Å²) in [5, 5.41) is 58.3. The van der Waals surface area contributed by atoms with Crippen molar-refractivity contribution < 1.29 is 68.3 Å². The molecule has 2 amide bonds. The van der Waals surface area contributed by atoms with E-state index in [9.17, 15) is 39.9 Å². The van der Waals surface area contributed by atoms with E-state index in [4.69, 9.17) is 28.4 Å². The van der Waals surface area contributed by atoms with E-state index < -0.39 is 85.7 Å². The second-order valence-electron chi connectivity index (χ2n) is 10.7. The highest BCUT2D eigenvalue weighted by molar-refractivity contribution is 14.1. The topological polar surface area (TPSA) is 232 Å². The fourth-order valence-corrected chi connectivity index (χ4v) is 6.23. The van der Waals surface area contributed by atoms with Crippen molar-refractivity contribution in [3.05, 3.63) is 30.9 Å². The predicted molar refractivity (Wildman–Crippen MR) is 173 cm³/mol. The van der Waals surface area contributed by atoms with Crippen LogP contribution in [0, 0.1) is 7.14 Å². The van der Waals surface area contributed by atoms with E-state index >= 15 is 0 Å². The Bertz CT molecular complexity index is 1290. The maximum Gasteiger partial charge on any atom is 0.333 e. The number of carbonyl (C=O) groups is 3. The number of nitrogens with one attached hydrogen (secondary N) is 2. The lowest BCUT2D eigenvalue weighted by molar-refractivity contribution is -0.338. The molecule has 16 nitrogen and oxygen atoms in total. The van der Waals surface area contributed by atoms with Gasteiger partial charge >= 0.3 is 5.97 Å². The molecule has 2 aliphatic rings. The van der Waals surface area contributed by atoms with Crippen molar-refractivity contribution in [1.29, 1.82) is 0 Å². The number of aliphatic hydroxyl groups is 3. The molecule has 258 valence electrons. The number of halogens is 2. The zero-order valence-electron chi connectivity index (χ0n) is 25.3. The van der Waals surface area contributed by atoms with Crippen LogP contribution in [0.15, 0.2) is 18.2 Å². The van der Waals surface area contributed by atoms with E-state index in [0.717, 1.165) is 0 Å². The van der Waals surface area contributed by atoms with Gasteiger partial charge in [-0.1, -0.05) is 6.58 Å². The van der Waals surface area contributed by atoms with Gasteiger partial charge in [-0.2, -0.15) is 0 Å². The van der Waals surface area contributed by atoms with E-state index in [2.05, 4.69) is 17.2 Å². The lowest BCUT2D eigenvalue weighted by Gasteiger charge is -2.47. The Balaban J connectivity index is 1.80. The fraction of sp³-hybridized carbons (Fsp3) is 0.607. The molecule has 18 heteroatoms. The van der Waals surface area contributed by atoms with Crippen LogP contribution in [0.4, 0.5) is 0 Å². The zero-order chi connectivity index (χ0) is 34.5. The van der Waals surface area contributed by atoms with Crippen LogP contribution in [0.5, 0.6) is 11.5 Å². The quantitative estimate of drug-likeness (QED) is 0.0589. The van der Waals surface area contributed by atoms with E-state index in [-0.39, 0.29) is 30.0 Å². The van der Waals surface area contributed by atoms with Gasteiger partial charge in [-0.05, 0) is 70.2 Å². The van der Waals surface area contributed by atoms with Crippen LogP contribution in [-0.2, 0) is 49.2 Å². The first kappa shape index (κ1) is 38.6. The molecule has 46 heavy (non-hydrogen) atoms. The van der Waals surface area contributed by atoms with E-state index in [1.54, 1.807) is 6.07 Å². The largest absolute Gasteiger partial charge is 0.504 e. The number of ether oxygens (including phenoxy) is 6. The highest BCUT2D eigenvalue weighted by Crippen LogP contribution is 2.37. The molecule has 0 aromatic heterocycles. The molecule has 2 saturated heterocycles. The van der Waals surface area contributed by atoms with Crippen molar-refractivity contribution in [2.75, 3.05) is 27.4 Å². The molecular weight excluding hydrogens is 842 g/mol. The number of aromatic hydroxyl groups is 2. The first-order valence-corrected chi connectivity index (χ1v) is 16.1. The number of aliphatic hydroxyl groups excluding tert-OH is 3. The Hall–Kier alpha value is -1.89. The minimum Gasteiger partial charge on any atom is -0.504 e. The highest BCUT2D eigenvalue weighted by atomic mass is 127. The number of phenolic OH excluding ortho intramolecular Hbond substituents is 2. The third kappa shape index (κ3) is 8.96. The van der Waals surface area contributed by atoms with Gasteiger partial charge in [0.15, 0.2) is 30.2 Å². The van der Waals surface area contributed by atoms with E-state index in [0.29, 0.717) is 12.7 Å². The molecule has 7 N–H and O–H groups in total. The average molecular weight is 880 g/mol. The molecule has 0 aliphatic carbocycles. The van der Waals surface area contributed by atoms with Crippen molar-refractivity contribution >= 4 is 63.0 Å². The lowest BCUT2D eigenvalue weighted by Crippen LogP contribution is -2.68. The summed E-state index contributed by atoms with van der Waals surface area (Å²) in [5.74, 6) is -2.55. The van der Waals surface area contributed by atoms with Crippen molar-refractivity contribution in [2.24, 2.45) is 0 Å². The number of hydrogen-bond donors (Lipinski definition) is 7. The summed E-state index contributed by atoms with van der Waals surface area (Å²) >= 11 is 3.74. The van der Waals surface area contributed by atoms with Crippen LogP contribution >= 0.6 is 45.2 Å². The molecule has 2 aliphatic heterocycles. The number of hydrogen-bond acceptors (Lipinski definition) is 14. The predicted octanol–water partition coefficient (Wildman–Crippen LogP) is -0.831. The van der Waals surface area contributed by atoms with Crippen LogP contribution in [0.25, 0.3) is 0 Å².